The van der Waals surface area contributed by atoms with Crippen LogP contribution in [0.5, 0.6) is 5.75 Å². The van der Waals surface area contributed by atoms with Gasteiger partial charge in [0.2, 0.25) is 5.91 Å². The van der Waals surface area contributed by atoms with Crippen molar-refractivity contribution in [3.63, 3.8) is 0 Å². The Bertz CT molecular complexity index is 1150. The number of hydrogen-bond acceptors (Lipinski definition) is 4. The number of aromatic nitrogens is 2. The van der Waals surface area contributed by atoms with Crippen LogP contribution in [0.4, 0.5) is 4.39 Å². The maximum Gasteiger partial charge on any atom is 0.225 e. The summed E-state index contributed by atoms with van der Waals surface area (Å²) >= 11 is 0. The van der Waals surface area contributed by atoms with Crippen LogP contribution in [0.25, 0.3) is 11.3 Å². The number of hydrogen-bond donors (Lipinski definition) is 1. The highest BCUT2D eigenvalue weighted by Crippen LogP contribution is 2.51. The van der Waals surface area contributed by atoms with Gasteiger partial charge in [0, 0.05) is 55.9 Å². The molecule has 7 heteroatoms. The van der Waals surface area contributed by atoms with Gasteiger partial charge in [-0.15, -0.1) is 0 Å². The average molecular weight is 467 g/mol. The molecule has 1 aliphatic carbocycles. The van der Waals surface area contributed by atoms with Crippen molar-refractivity contribution in [3.8, 4) is 17.0 Å². The van der Waals surface area contributed by atoms with Crippen molar-refractivity contribution in [2.24, 2.45) is 18.9 Å². The third kappa shape index (κ3) is 3.38. The molecular formula is C27H35FN4O2. The van der Waals surface area contributed by atoms with E-state index in [4.69, 9.17) is 9.72 Å². The molecule has 1 spiro atoms. The van der Waals surface area contributed by atoms with Crippen molar-refractivity contribution in [2.75, 3.05) is 19.6 Å². The van der Waals surface area contributed by atoms with Crippen LogP contribution in [0.3, 0.4) is 0 Å². The number of nitrogens with zero attached hydrogens (tertiary/aromatic N) is 3. The Balaban J connectivity index is 1.40. The van der Waals surface area contributed by atoms with Crippen LogP contribution >= 0.6 is 0 Å². The second-order valence-corrected chi connectivity index (χ2v) is 11.6. The summed E-state index contributed by atoms with van der Waals surface area (Å²) in [6.07, 6.45) is 4.33. The number of carbonyl (C=O) groups is 1. The number of fused-ring (bicyclic) bond motifs is 4. The smallest absolute Gasteiger partial charge is 0.225 e. The standard InChI is InChI=1S/C27H35FN4O2/c1-16-14-19(16)25(33)32-12-9-27(10-13-32)23-21(18-6-5-7-20(28)22(18)34-27)30-24(31(23)4)17-8-11-29-26(2,3)15-17/h5-7,16-17,19,29H,8-15H2,1-4H3/t16-,17?,19-/m0/s1. The lowest BCUT2D eigenvalue weighted by molar-refractivity contribution is -0.137. The molecule has 34 heavy (non-hydrogen) atoms. The zero-order chi connectivity index (χ0) is 23.8. The van der Waals surface area contributed by atoms with Gasteiger partial charge in [0.25, 0.3) is 0 Å². The molecule has 3 aliphatic heterocycles. The zero-order valence-corrected chi connectivity index (χ0v) is 20.7. The largest absolute Gasteiger partial charge is 0.477 e. The van der Waals surface area contributed by atoms with Crippen molar-refractivity contribution in [2.45, 2.75) is 69.9 Å². The highest BCUT2D eigenvalue weighted by atomic mass is 19.1. The van der Waals surface area contributed by atoms with Crippen molar-refractivity contribution in [1.82, 2.24) is 19.8 Å². The SMILES string of the molecule is C[C@H]1C[C@@H]1C(=O)N1CCC2(CC1)Oc1c(F)cccc1-c1nc(C3CCNC(C)(C)C3)n(C)c12. The second kappa shape index (κ2) is 7.54. The molecule has 182 valence electrons. The van der Waals surface area contributed by atoms with E-state index < -0.39 is 5.60 Å². The zero-order valence-electron chi connectivity index (χ0n) is 20.7. The monoisotopic (exact) mass is 466 g/mol. The van der Waals surface area contributed by atoms with E-state index in [1.54, 1.807) is 6.07 Å². The van der Waals surface area contributed by atoms with Gasteiger partial charge in [0.1, 0.15) is 5.82 Å². The number of amides is 1. The summed E-state index contributed by atoms with van der Waals surface area (Å²) in [5.74, 6) is 2.30. The Morgan fingerprint density at radius 1 is 1.26 bits per heavy atom. The molecular weight excluding hydrogens is 431 g/mol. The maximum absolute atomic E-state index is 15.0. The Morgan fingerprint density at radius 2 is 2.00 bits per heavy atom. The van der Waals surface area contributed by atoms with Gasteiger partial charge in [-0.05, 0) is 57.7 Å². The first-order valence-electron chi connectivity index (χ1n) is 12.8. The molecule has 3 fully saturated rings. The predicted octanol–water partition coefficient (Wildman–Crippen LogP) is 4.34. The molecule has 2 aromatic rings. The van der Waals surface area contributed by atoms with Gasteiger partial charge in [-0.2, -0.15) is 0 Å². The molecule has 0 radical (unpaired) electrons. The van der Waals surface area contributed by atoms with E-state index in [0.29, 0.717) is 43.5 Å². The second-order valence-electron chi connectivity index (χ2n) is 11.6. The van der Waals surface area contributed by atoms with E-state index in [-0.39, 0.29) is 23.2 Å². The third-order valence-electron chi connectivity index (χ3n) is 8.61. The summed E-state index contributed by atoms with van der Waals surface area (Å²) in [4.78, 5) is 20.1. The summed E-state index contributed by atoms with van der Waals surface area (Å²) in [5, 5.41) is 3.60. The van der Waals surface area contributed by atoms with E-state index in [9.17, 15) is 9.18 Å². The summed E-state index contributed by atoms with van der Waals surface area (Å²) in [7, 11) is 2.09. The van der Waals surface area contributed by atoms with Gasteiger partial charge in [0.15, 0.2) is 17.2 Å². The Kier molecular flexibility index (Phi) is 4.90. The molecule has 0 bridgehead atoms. The molecule has 4 heterocycles. The van der Waals surface area contributed by atoms with Crippen molar-refractivity contribution in [1.29, 1.82) is 0 Å². The first-order chi connectivity index (χ1) is 16.2. The van der Waals surface area contributed by atoms with Crippen molar-refractivity contribution < 1.29 is 13.9 Å². The minimum Gasteiger partial charge on any atom is -0.477 e. The summed E-state index contributed by atoms with van der Waals surface area (Å²) in [6.45, 7) is 8.84. The Labute approximate surface area is 200 Å². The summed E-state index contributed by atoms with van der Waals surface area (Å²) < 4.78 is 23.8. The first-order valence-corrected chi connectivity index (χ1v) is 12.8. The fourth-order valence-corrected chi connectivity index (χ4v) is 6.56. The van der Waals surface area contributed by atoms with E-state index >= 15 is 0 Å². The number of halogens is 1. The molecule has 1 unspecified atom stereocenters. The van der Waals surface area contributed by atoms with E-state index in [2.05, 4.69) is 37.7 Å². The number of benzene rings is 1. The first kappa shape index (κ1) is 22.1. The van der Waals surface area contributed by atoms with Crippen molar-refractivity contribution in [3.05, 3.63) is 35.5 Å². The molecule has 1 aromatic heterocycles. The van der Waals surface area contributed by atoms with Gasteiger partial charge >= 0.3 is 0 Å². The highest BCUT2D eigenvalue weighted by molar-refractivity contribution is 5.82. The van der Waals surface area contributed by atoms with Crippen LogP contribution in [0.2, 0.25) is 0 Å². The predicted molar refractivity (Wildman–Crippen MR) is 128 cm³/mol. The minimum atomic E-state index is -0.668. The number of nitrogens with one attached hydrogen (secondary N) is 1. The number of rotatable bonds is 2. The lowest BCUT2D eigenvalue weighted by Gasteiger charge is -2.44. The van der Waals surface area contributed by atoms with Gasteiger partial charge in [-0.1, -0.05) is 13.0 Å². The lowest BCUT2D eigenvalue weighted by Crippen LogP contribution is -2.50. The number of carbonyl (C=O) groups excluding carboxylic acids is 1. The molecule has 6 nitrogen and oxygen atoms in total. The minimum absolute atomic E-state index is 0.0548. The van der Waals surface area contributed by atoms with E-state index in [1.807, 2.05) is 11.0 Å². The van der Waals surface area contributed by atoms with E-state index in [1.165, 1.54) is 6.07 Å². The number of imidazole rings is 1. The van der Waals surface area contributed by atoms with Gasteiger partial charge in [-0.3, -0.25) is 4.79 Å². The summed E-state index contributed by atoms with van der Waals surface area (Å²) in [5.41, 5.74) is 2.02. The fourth-order valence-electron chi connectivity index (χ4n) is 6.56. The fraction of sp³-hybridized carbons (Fsp3) is 0.630. The van der Waals surface area contributed by atoms with Crippen LogP contribution in [0.15, 0.2) is 18.2 Å². The van der Waals surface area contributed by atoms with Gasteiger partial charge in [-0.25, -0.2) is 9.37 Å². The molecule has 3 atom stereocenters. The van der Waals surface area contributed by atoms with Gasteiger partial charge < -0.3 is 19.5 Å². The molecule has 2 saturated heterocycles. The molecule has 1 N–H and O–H groups in total. The van der Waals surface area contributed by atoms with Gasteiger partial charge in [0.05, 0.1) is 11.4 Å². The molecule has 1 saturated carbocycles. The molecule has 1 amide bonds. The van der Waals surface area contributed by atoms with Crippen molar-refractivity contribution >= 4 is 5.91 Å². The number of likely N-dealkylation sites (tertiary alicyclic amines) is 1. The maximum atomic E-state index is 15.0. The molecule has 1 aromatic carbocycles. The van der Waals surface area contributed by atoms with E-state index in [0.717, 1.165) is 48.6 Å². The third-order valence-corrected chi connectivity index (χ3v) is 8.61. The summed E-state index contributed by atoms with van der Waals surface area (Å²) in [6, 6.07) is 5.11. The molecule has 4 aliphatic rings. The Hall–Kier alpha value is -2.41. The Morgan fingerprint density at radius 3 is 2.68 bits per heavy atom. The number of ether oxygens (including phenoxy) is 1. The van der Waals surface area contributed by atoms with Crippen LogP contribution in [0.1, 0.15) is 70.3 Å². The number of para-hydroxylation sites is 1. The molecule has 6 rings (SSSR count). The quantitative estimate of drug-likeness (QED) is 0.716. The average Bonchev–Trinajstić information content (AvgIpc) is 3.42. The lowest BCUT2D eigenvalue weighted by atomic mass is 9.82. The normalized spacial score (nSPS) is 28.7. The van der Waals surface area contributed by atoms with Crippen LogP contribution in [0, 0.1) is 17.7 Å². The highest BCUT2D eigenvalue weighted by Gasteiger charge is 2.50. The topological polar surface area (TPSA) is 59.4 Å². The van der Waals surface area contributed by atoms with Crippen LogP contribution < -0.4 is 10.1 Å². The van der Waals surface area contributed by atoms with Crippen LogP contribution in [-0.2, 0) is 17.4 Å². The number of piperidine rings is 2. The van der Waals surface area contributed by atoms with Crippen LogP contribution in [-0.4, -0.2) is 45.5 Å².